The molecule has 16 heavy (non-hydrogen) atoms. The summed E-state index contributed by atoms with van der Waals surface area (Å²) in [6, 6.07) is 0. The van der Waals surface area contributed by atoms with Gasteiger partial charge in [0.15, 0.2) is 0 Å². The molecule has 0 N–H and O–H groups in total. The fourth-order valence-electron chi connectivity index (χ4n) is 1.83. The van der Waals surface area contributed by atoms with E-state index in [-0.39, 0.29) is 0 Å². The summed E-state index contributed by atoms with van der Waals surface area (Å²) in [7, 11) is 0. The number of hydrogen-bond acceptors (Lipinski definition) is 0. The summed E-state index contributed by atoms with van der Waals surface area (Å²) in [6.45, 7) is 12.5. The minimum atomic E-state index is 0.516. The molecular weight excluding hydrogens is 192 g/mol. The van der Waals surface area contributed by atoms with Crippen LogP contribution >= 0.6 is 0 Å². The monoisotopic (exact) mass is 216 g/mol. The standard InChI is InChI=1S/C16H24/c1-7-9-10-12-14(5)15(6)16(11-8-2)13(3)4/h2,7,9-10,13,16H,1,11-12H2,3-6H3/b10-9-,15-14+. The quantitative estimate of drug-likeness (QED) is 0.341. The molecule has 0 aliphatic rings. The number of hydrogen-bond donors (Lipinski definition) is 0. The highest BCUT2D eigenvalue weighted by atomic mass is 14.2. The van der Waals surface area contributed by atoms with E-state index in [9.17, 15) is 0 Å². The Bertz CT molecular complexity index is 307. The van der Waals surface area contributed by atoms with Gasteiger partial charge in [-0.15, -0.1) is 12.3 Å². The van der Waals surface area contributed by atoms with E-state index in [4.69, 9.17) is 6.42 Å². The molecule has 0 amide bonds. The molecule has 0 bridgehead atoms. The lowest BCUT2D eigenvalue weighted by Crippen LogP contribution is -2.10. The minimum Gasteiger partial charge on any atom is -0.120 e. The zero-order chi connectivity index (χ0) is 12.6. The van der Waals surface area contributed by atoms with Crippen LogP contribution in [0.25, 0.3) is 0 Å². The summed E-state index contributed by atoms with van der Waals surface area (Å²) >= 11 is 0. The van der Waals surface area contributed by atoms with Gasteiger partial charge in [0.25, 0.3) is 0 Å². The molecule has 1 atom stereocenters. The summed E-state index contributed by atoms with van der Waals surface area (Å²) in [5.41, 5.74) is 2.87. The molecule has 0 radical (unpaired) electrons. The van der Waals surface area contributed by atoms with Crippen molar-refractivity contribution in [2.45, 2.75) is 40.5 Å². The molecule has 0 heteroatoms. The van der Waals surface area contributed by atoms with Gasteiger partial charge in [0.2, 0.25) is 0 Å². The molecule has 0 aliphatic heterocycles. The van der Waals surface area contributed by atoms with Crippen molar-refractivity contribution in [3.05, 3.63) is 36.0 Å². The molecule has 0 spiro atoms. The smallest absolute Gasteiger partial charge is 0.0154 e. The van der Waals surface area contributed by atoms with Gasteiger partial charge in [-0.3, -0.25) is 0 Å². The van der Waals surface area contributed by atoms with Crippen LogP contribution in [0.2, 0.25) is 0 Å². The Labute approximate surface area is 101 Å². The molecule has 0 fully saturated rings. The van der Waals surface area contributed by atoms with Gasteiger partial charge in [0.1, 0.15) is 0 Å². The van der Waals surface area contributed by atoms with Crippen molar-refractivity contribution in [3.63, 3.8) is 0 Å². The van der Waals surface area contributed by atoms with Crippen LogP contribution in [0.5, 0.6) is 0 Å². The molecule has 0 saturated heterocycles. The zero-order valence-electron chi connectivity index (χ0n) is 11.1. The first-order chi connectivity index (χ1) is 7.54. The van der Waals surface area contributed by atoms with Crippen LogP contribution in [0.3, 0.4) is 0 Å². The van der Waals surface area contributed by atoms with E-state index < -0.39 is 0 Å². The van der Waals surface area contributed by atoms with Crippen molar-refractivity contribution >= 4 is 0 Å². The summed E-state index contributed by atoms with van der Waals surface area (Å²) in [5, 5.41) is 0. The fourth-order valence-corrected chi connectivity index (χ4v) is 1.83. The molecule has 0 rings (SSSR count). The maximum Gasteiger partial charge on any atom is 0.0154 e. The van der Waals surface area contributed by atoms with E-state index in [1.807, 2.05) is 12.2 Å². The lowest BCUT2D eigenvalue weighted by atomic mass is 9.83. The first kappa shape index (κ1) is 14.8. The van der Waals surface area contributed by atoms with Gasteiger partial charge in [-0.1, -0.05) is 49.8 Å². The number of terminal acetylenes is 1. The lowest BCUT2D eigenvalue weighted by Gasteiger charge is -2.21. The van der Waals surface area contributed by atoms with Gasteiger partial charge in [0, 0.05) is 6.42 Å². The Morgan fingerprint density at radius 1 is 1.38 bits per heavy atom. The first-order valence-electron chi connectivity index (χ1n) is 5.91. The van der Waals surface area contributed by atoms with Crippen LogP contribution in [0.4, 0.5) is 0 Å². The number of rotatable bonds is 6. The highest BCUT2D eigenvalue weighted by Crippen LogP contribution is 2.27. The van der Waals surface area contributed by atoms with Crippen molar-refractivity contribution in [3.8, 4) is 12.3 Å². The second-order valence-corrected chi connectivity index (χ2v) is 4.59. The summed E-state index contributed by atoms with van der Waals surface area (Å²) in [6.07, 6.45) is 13.2. The summed E-state index contributed by atoms with van der Waals surface area (Å²) in [5.74, 6) is 3.91. The SMILES string of the molecule is C#CCC(/C(C)=C(\C)C/C=C\C=C)C(C)C. The molecule has 0 nitrogen and oxygen atoms in total. The maximum atomic E-state index is 5.43. The lowest BCUT2D eigenvalue weighted by molar-refractivity contribution is 0.448. The average molecular weight is 216 g/mol. The van der Waals surface area contributed by atoms with Crippen LogP contribution in [-0.2, 0) is 0 Å². The molecule has 0 aromatic rings. The Kier molecular flexibility index (Phi) is 7.38. The van der Waals surface area contributed by atoms with Crippen LogP contribution in [0.15, 0.2) is 36.0 Å². The highest BCUT2D eigenvalue weighted by molar-refractivity contribution is 5.18. The zero-order valence-corrected chi connectivity index (χ0v) is 11.1. The van der Waals surface area contributed by atoms with Gasteiger partial charge in [0.05, 0.1) is 0 Å². The normalized spacial score (nSPS) is 14.8. The largest absolute Gasteiger partial charge is 0.120 e. The van der Waals surface area contributed by atoms with Gasteiger partial charge in [-0.2, -0.15) is 0 Å². The van der Waals surface area contributed by atoms with Crippen LogP contribution in [0, 0.1) is 24.2 Å². The molecule has 0 aliphatic carbocycles. The Morgan fingerprint density at radius 3 is 2.44 bits per heavy atom. The van der Waals surface area contributed by atoms with Crippen molar-refractivity contribution in [1.82, 2.24) is 0 Å². The Morgan fingerprint density at radius 2 is 2.00 bits per heavy atom. The van der Waals surface area contributed by atoms with Gasteiger partial charge in [-0.25, -0.2) is 0 Å². The van der Waals surface area contributed by atoms with Gasteiger partial charge < -0.3 is 0 Å². The predicted octanol–water partition coefficient (Wildman–Crippen LogP) is 4.75. The van der Waals surface area contributed by atoms with Gasteiger partial charge in [-0.05, 0) is 32.1 Å². The molecule has 0 aromatic heterocycles. The molecule has 1 unspecified atom stereocenters. The van der Waals surface area contributed by atoms with E-state index in [2.05, 4.69) is 46.3 Å². The van der Waals surface area contributed by atoms with E-state index in [1.165, 1.54) is 11.1 Å². The second kappa shape index (κ2) is 7.99. The van der Waals surface area contributed by atoms with E-state index in [0.29, 0.717) is 11.8 Å². The Hall–Kier alpha value is -1.22. The molecule has 88 valence electrons. The van der Waals surface area contributed by atoms with E-state index >= 15 is 0 Å². The highest BCUT2D eigenvalue weighted by Gasteiger charge is 2.15. The molecule has 0 aromatic carbocycles. The van der Waals surface area contributed by atoms with E-state index in [0.717, 1.165) is 12.8 Å². The predicted molar refractivity (Wildman–Crippen MR) is 74.1 cm³/mol. The third kappa shape index (κ3) is 5.03. The molecule has 0 heterocycles. The summed E-state index contributed by atoms with van der Waals surface area (Å²) < 4.78 is 0. The first-order valence-corrected chi connectivity index (χ1v) is 5.91. The number of allylic oxidation sites excluding steroid dienone is 5. The fraction of sp³-hybridized carbons (Fsp3) is 0.500. The van der Waals surface area contributed by atoms with Crippen molar-refractivity contribution in [1.29, 1.82) is 0 Å². The van der Waals surface area contributed by atoms with Crippen molar-refractivity contribution in [2.75, 3.05) is 0 Å². The topological polar surface area (TPSA) is 0 Å². The van der Waals surface area contributed by atoms with Crippen LogP contribution < -0.4 is 0 Å². The van der Waals surface area contributed by atoms with E-state index in [1.54, 1.807) is 0 Å². The molecular formula is C16H24. The third-order valence-corrected chi connectivity index (χ3v) is 3.07. The molecule has 0 saturated carbocycles. The second-order valence-electron chi connectivity index (χ2n) is 4.59. The maximum absolute atomic E-state index is 5.43. The van der Waals surface area contributed by atoms with Crippen LogP contribution in [-0.4, -0.2) is 0 Å². The minimum absolute atomic E-state index is 0.516. The van der Waals surface area contributed by atoms with Crippen LogP contribution in [0.1, 0.15) is 40.5 Å². The van der Waals surface area contributed by atoms with Crippen molar-refractivity contribution in [2.24, 2.45) is 11.8 Å². The third-order valence-electron chi connectivity index (χ3n) is 3.07. The van der Waals surface area contributed by atoms with Gasteiger partial charge >= 0.3 is 0 Å². The summed E-state index contributed by atoms with van der Waals surface area (Å²) in [4.78, 5) is 0. The average Bonchev–Trinajstić information content (AvgIpc) is 2.24. The Balaban J connectivity index is 4.74. The van der Waals surface area contributed by atoms with Crippen molar-refractivity contribution < 1.29 is 0 Å².